The van der Waals surface area contributed by atoms with Crippen LogP contribution in [0.15, 0.2) is 97.1 Å². The molecule has 0 heterocycles. The van der Waals surface area contributed by atoms with Gasteiger partial charge in [0.1, 0.15) is 0 Å². The van der Waals surface area contributed by atoms with Crippen LogP contribution < -0.4 is 0 Å². The summed E-state index contributed by atoms with van der Waals surface area (Å²) in [6, 6.07) is 34.4. The van der Waals surface area contributed by atoms with Gasteiger partial charge in [-0.3, -0.25) is 0 Å². The first-order valence-corrected chi connectivity index (χ1v) is 36.1. The molecule has 2 aliphatic carbocycles. The van der Waals surface area contributed by atoms with Crippen LogP contribution >= 0.6 is 0 Å². The molecule has 2 atom stereocenters. The molecule has 0 saturated heterocycles. The van der Waals surface area contributed by atoms with E-state index in [0.29, 0.717) is 13.6 Å². The molecule has 4 aromatic carbocycles. The summed E-state index contributed by atoms with van der Waals surface area (Å²) in [5, 5.41) is 0. The number of rotatable bonds is 6. The van der Waals surface area contributed by atoms with E-state index in [1.165, 1.54) is 57.0 Å². The minimum atomic E-state index is -3.68. The summed E-state index contributed by atoms with van der Waals surface area (Å²) in [4.78, 5) is 0. The second-order valence-electron chi connectivity index (χ2n) is 16.7. The molecule has 0 aromatic heterocycles. The van der Waals surface area contributed by atoms with Crippen LogP contribution in [0.25, 0.3) is 34.4 Å². The van der Waals surface area contributed by atoms with Crippen LogP contribution in [0.2, 0.25) is 15.4 Å². The van der Waals surface area contributed by atoms with Gasteiger partial charge in [0.15, 0.2) is 0 Å². The van der Waals surface area contributed by atoms with Crippen molar-refractivity contribution in [2.24, 2.45) is 0 Å². The molecule has 0 aliphatic heterocycles. The number of hydrogen-bond donors (Lipinski definition) is 0. The van der Waals surface area contributed by atoms with Crippen LogP contribution in [0.3, 0.4) is 0 Å². The Balaban J connectivity index is 1.43. The van der Waals surface area contributed by atoms with Gasteiger partial charge in [0.2, 0.25) is 0 Å². The molecule has 232 valence electrons. The van der Waals surface area contributed by atoms with Crippen LogP contribution in [-0.2, 0) is 28.0 Å². The Kier molecular flexibility index (Phi) is 8.35. The van der Waals surface area contributed by atoms with Gasteiger partial charge >= 0.3 is 277 Å². The van der Waals surface area contributed by atoms with Crippen molar-refractivity contribution >= 4 is 18.4 Å². The van der Waals surface area contributed by atoms with Gasteiger partial charge in [-0.2, -0.15) is 0 Å². The summed E-state index contributed by atoms with van der Waals surface area (Å²) >= 11 is -3.68. The van der Waals surface area contributed by atoms with Crippen molar-refractivity contribution in [1.29, 1.82) is 0 Å². The average molecular weight is 775 g/mol. The van der Waals surface area contributed by atoms with Gasteiger partial charge in [-0.05, 0) is 0 Å². The van der Waals surface area contributed by atoms with Crippen molar-refractivity contribution in [3.63, 3.8) is 0 Å². The molecule has 4 aromatic rings. The molecule has 0 radical (unpaired) electrons. The molecule has 2 aliphatic rings. The molecule has 6 rings (SSSR count). The standard InChI is InChI=1S/2C19H19.C3H8Si.2CH3.Hf/c2*1-19(2,3)16-12-10-15(11-13-16)18-9-5-7-14-6-4-8-17(14)18;1-2-3-4;;;/h2*4-13H,1-3H3;4H,2-3H2,1H3;2*1H3;. The van der Waals surface area contributed by atoms with E-state index in [4.69, 9.17) is 0 Å². The Morgan fingerprint density at radius 3 is 1.33 bits per heavy atom. The van der Waals surface area contributed by atoms with Crippen molar-refractivity contribution in [2.45, 2.75) is 88.5 Å². The number of fused-ring (bicyclic) bond motifs is 2. The van der Waals surface area contributed by atoms with Gasteiger partial charge in [-0.25, -0.2) is 0 Å². The van der Waals surface area contributed by atoms with Gasteiger partial charge in [-0.1, -0.05) is 0 Å². The topological polar surface area (TPSA) is 0 Å². The van der Waals surface area contributed by atoms with E-state index in [1.807, 2.05) is 0 Å². The molecular formula is C43H52HfSi. The number of benzene rings is 4. The van der Waals surface area contributed by atoms with E-state index in [-0.39, 0.29) is 10.8 Å². The Morgan fingerprint density at radius 2 is 0.978 bits per heavy atom. The molecule has 0 amide bonds. The zero-order valence-electron chi connectivity index (χ0n) is 29.0. The molecule has 2 heteroatoms. The van der Waals surface area contributed by atoms with E-state index in [2.05, 4.69) is 167 Å². The van der Waals surface area contributed by atoms with Crippen LogP contribution in [0.1, 0.15) is 95.6 Å². The van der Waals surface area contributed by atoms with Crippen molar-refractivity contribution in [3.05, 3.63) is 130 Å². The van der Waals surface area contributed by atoms with Crippen molar-refractivity contribution in [3.8, 4) is 22.3 Å². The Morgan fingerprint density at radius 1 is 0.578 bits per heavy atom. The van der Waals surface area contributed by atoms with Crippen LogP contribution in [0.5, 0.6) is 0 Å². The zero-order valence-corrected chi connectivity index (χ0v) is 33.8. The van der Waals surface area contributed by atoms with Crippen molar-refractivity contribution in [2.75, 3.05) is 0 Å². The third kappa shape index (κ3) is 5.80. The molecule has 0 nitrogen and oxygen atoms in total. The van der Waals surface area contributed by atoms with Crippen LogP contribution in [-0.4, -0.2) is 6.22 Å². The average Bonchev–Trinajstić information content (AvgIpc) is 3.66. The summed E-state index contributed by atoms with van der Waals surface area (Å²) < 4.78 is 6.82. The van der Waals surface area contributed by atoms with E-state index in [0.717, 1.165) is 0 Å². The fourth-order valence-electron chi connectivity index (χ4n) is 8.11. The predicted molar refractivity (Wildman–Crippen MR) is 199 cm³/mol. The zero-order chi connectivity index (χ0) is 32.2. The second kappa shape index (κ2) is 11.6. The molecule has 0 saturated carbocycles. The maximum atomic E-state index is 2.84. The van der Waals surface area contributed by atoms with Crippen LogP contribution in [0.4, 0.5) is 0 Å². The summed E-state index contributed by atoms with van der Waals surface area (Å²) in [5.41, 5.74) is 14.7. The Bertz CT molecular complexity index is 1730. The van der Waals surface area contributed by atoms with Crippen LogP contribution in [0, 0.1) is 0 Å². The second-order valence-corrected chi connectivity index (χ2v) is 61.1. The summed E-state index contributed by atoms with van der Waals surface area (Å²) in [5.74, 6) is 0. The minimum absolute atomic E-state index is 0.163. The Labute approximate surface area is 275 Å². The van der Waals surface area contributed by atoms with Gasteiger partial charge in [0.25, 0.3) is 0 Å². The molecular weight excluding hydrogens is 723 g/mol. The first kappa shape index (κ1) is 32.4. The third-order valence-electron chi connectivity index (χ3n) is 11.0. The molecule has 2 unspecified atom stereocenters. The molecule has 45 heavy (non-hydrogen) atoms. The fourth-order valence-corrected chi connectivity index (χ4v) is 48.3. The van der Waals surface area contributed by atoms with Gasteiger partial charge < -0.3 is 0 Å². The number of hydrogen-bond acceptors (Lipinski definition) is 0. The van der Waals surface area contributed by atoms with E-state index >= 15 is 0 Å². The third-order valence-corrected chi connectivity index (χ3v) is 53.8. The first-order valence-electron chi connectivity index (χ1n) is 17.1. The van der Waals surface area contributed by atoms with Gasteiger partial charge in [0.05, 0.1) is 0 Å². The van der Waals surface area contributed by atoms with Gasteiger partial charge in [-0.15, -0.1) is 0 Å². The van der Waals surface area contributed by atoms with E-state index in [1.54, 1.807) is 11.1 Å². The fraction of sp³-hybridized carbons (Fsp3) is 0.349. The van der Waals surface area contributed by atoms with E-state index < -0.39 is 17.1 Å². The Hall–Kier alpha value is -2.55. The molecule has 0 spiro atoms. The predicted octanol–water partition coefficient (Wildman–Crippen LogP) is 12.4. The normalized spacial score (nSPS) is 17.8. The van der Waals surface area contributed by atoms with E-state index in [9.17, 15) is 0 Å². The number of allylic oxidation sites excluding steroid dienone is 2. The molecule has 0 bridgehead atoms. The monoisotopic (exact) mass is 776 g/mol. The quantitative estimate of drug-likeness (QED) is 0.171. The summed E-state index contributed by atoms with van der Waals surface area (Å²) in [6.07, 6.45) is 12.0. The first-order chi connectivity index (χ1) is 21.2. The summed E-state index contributed by atoms with van der Waals surface area (Å²) in [6.45, 7) is 16.2. The van der Waals surface area contributed by atoms with Crippen molar-refractivity contribution < 1.29 is 17.1 Å². The van der Waals surface area contributed by atoms with Crippen molar-refractivity contribution in [1.82, 2.24) is 0 Å². The SMILES string of the molecule is CCC[SiH]=[Hf]([CH3])([CH3])([CH]1C=Cc2c(-c3ccc(C(C)(C)C)cc3)cccc21)[CH]1C=Cc2c(-c3ccc(C(C)(C)C)cc3)cccc21. The summed E-state index contributed by atoms with van der Waals surface area (Å²) in [7, 11) is 0. The maximum absolute atomic E-state index is 3.68. The van der Waals surface area contributed by atoms with Gasteiger partial charge in [0, 0.05) is 0 Å². The molecule has 0 fully saturated rings. The molecule has 0 N–H and O–H groups in total.